The van der Waals surface area contributed by atoms with Gasteiger partial charge in [0.15, 0.2) is 0 Å². The molecule has 0 unspecified atom stereocenters. The predicted molar refractivity (Wildman–Crippen MR) is 125 cm³/mol. The highest BCUT2D eigenvalue weighted by molar-refractivity contribution is 5.94. The molecular weight excluding hydrogens is 402 g/mol. The maximum absolute atomic E-state index is 11.9. The third-order valence-corrected chi connectivity index (χ3v) is 7.14. The molecule has 5 rings (SSSR count). The highest BCUT2D eigenvalue weighted by Gasteiger charge is 2.31. The monoisotopic (exact) mass is 437 g/mol. The van der Waals surface area contributed by atoms with Gasteiger partial charge in [0.2, 0.25) is 5.91 Å². The lowest BCUT2D eigenvalue weighted by Gasteiger charge is -2.35. The van der Waals surface area contributed by atoms with E-state index in [9.17, 15) is 4.79 Å². The van der Waals surface area contributed by atoms with Crippen LogP contribution in [0.5, 0.6) is 0 Å². The zero-order valence-corrected chi connectivity index (χ0v) is 19.3. The van der Waals surface area contributed by atoms with Crippen LogP contribution in [0.4, 0.5) is 11.6 Å². The van der Waals surface area contributed by atoms with Crippen molar-refractivity contribution in [2.45, 2.75) is 70.8 Å². The van der Waals surface area contributed by atoms with E-state index < -0.39 is 0 Å². The molecule has 0 radical (unpaired) electrons. The van der Waals surface area contributed by atoms with Crippen LogP contribution in [-0.4, -0.2) is 51.6 Å². The summed E-state index contributed by atoms with van der Waals surface area (Å²) >= 11 is 0. The van der Waals surface area contributed by atoms with Crippen LogP contribution in [0.1, 0.15) is 74.9 Å². The Balaban J connectivity index is 1.26. The molecule has 2 aliphatic heterocycles. The summed E-state index contributed by atoms with van der Waals surface area (Å²) in [7, 11) is 0. The predicted octanol–water partition coefficient (Wildman–Crippen LogP) is 3.06. The van der Waals surface area contributed by atoms with Crippen molar-refractivity contribution >= 4 is 17.5 Å². The summed E-state index contributed by atoms with van der Waals surface area (Å²) in [5, 5.41) is 6.54. The van der Waals surface area contributed by atoms with Gasteiger partial charge in [0, 0.05) is 50.3 Å². The number of imidazole rings is 1. The van der Waals surface area contributed by atoms with Crippen molar-refractivity contribution in [1.82, 2.24) is 24.8 Å². The third kappa shape index (κ3) is 4.51. The Hall–Kier alpha value is -2.48. The fourth-order valence-corrected chi connectivity index (χ4v) is 5.09. The number of anilines is 2. The van der Waals surface area contributed by atoms with Gasteiger partial charge in [0.25, 0.3) is 0 Å². The van der Waals surface area contributed by atoms with Crippen LogP contribution in [0, 0.1) is 5.92 Å². The summed E-state index contributed by atoms with van der Waals surface area (Å²) in [5.74, 6) is 4.49. The van der Waals surface area contributed by atoms with E-state index in [1.54, 1.807) is 6.33 Å². The summed E-state index contributed by atoms with van der Waals surface area (Å²) < 4.78 is 2.39. The van der Waals surface area contributed by atoms with E-state index in [1.165, 1.54) is 24.4 Å². The maximum atomic E-state index is 11.9. The largest absolute Gasteiger partial charge is 0.356 e. The lowest BCUT2D eigenvalue weighted by molar-refractivity contribution is -0.116. The topological polar surface area (TPSA) is 88.0 Å². The van der Waals surface area contributed by atoms with Crippen molar-refractivity contribution in [2.24, 2.45) is 5.92 Å². The highest BCUT2D eigenvalue weighted by Crippen LogP contribution is 2.38. The van der Waals surface area contributed by atoms with Crippen molar-refractivity contribution in [3.8, 4) is 0 Å². The number of amides is 1. The minimum Gasteiger partial charge on any atom is -0.356 e. The van der Waals surface area contributed by atoms with Crippen LogP contribution in [0.15, 0.2) is 12.5 Å². The molecule has 1 saturated carbocycles. The van der Waals surface area contributed by atoms with Crippen molar-refractivity contribution < 1.29 is 4.79 Å². The van der Waals surface area contributed by atoms with E-state index in [1.807, 2.05) is 0 Å². The van der Waals surface area contributed by atoms with Gasteiger partial charge in [0.05, 0.1) is 5.69 Å². The first kappa shape index (κ1) is 21.4. The molecular formula is C24H35N7O. The molecule has 32 heavy (non-hydrogen) atoms. The van der Waals surface area contributed by atoms with Crippen molar-refractivity contribution in [3.63, 3.8) is 0 Å². The second kappa shape index (κ2) is 9.17. The Bertz CT molecular complexity index is 959. The smallest absolute Gasteiger partial charge is 0.226 e. The molecule has 0 aromatic carbocycles. The second-order valence-electron chi connectivity index (χ2n) is 9.66. The summed E-state index contributed by atoms with van der Waals surface area (Å²) in [6.45, 7) is 9.34. The van der Waals surface area contributed by atoms with Gasteiger partial charge in [-0.3, -0.25) is 4.79 Å². The van der Waals surface area contributed by atoms with E-state index in [4.69, 9.17) is 4.98 Å². The van der Waals surface area contributed by atoms with Crippen LogP contribution in [0.25, 0.3) is 0 Å². The van der Waals surface area contributed by atoms with Gasteiger partial charge in [0.1, 0.15) is 23.8 Å². The first-order chi connectivity index (χ1) is 15.6. The normalized spacial score (nSPS) is 21.5. The molecule has 2 N–H and O–H groups in total. The molecule has 0 spiro atoms. The number of fused-ring (bicyclic) bond motifs is 1. The maximum Gasteiger partial charge on any atom is 0.226 e. The fourth-order valence-electron chi connectivity index (χ4n) is 5.09. The molecule has 0 bridgehead atoms. The Morgan fingerprint density at radius 1 is 1.19 bits per heavy atom. The molecule has 3 aliphatic rings. The molecule has 4 heterocycles. The zero-order chi connectivity index (χ0) is 22.1. The Morgan fingerprint density at radius 3 is 2.75 bits per heavy atom. The number of piperidine rings is 1. The van der Waals surface area contributed by atoms with Gasteiger partial charge < -0.3 is 20.1 Å². The number of aromatic nitrogens is 4. The summed E-state index contributed by atoms with van der Waals surface area (Å²) in [6, 6.07) is 0. The lowest BCUT2D eigenvalue weighted by Crippen LogP contribution is -2.36. The molecule has 1 atom stereocenters. The van der Waals surface area contributed by atoms with Crippen LogP contribution in [-0.2, 0) is 17.8 Å². The Labute approximate surface area is 190 Å². The molecule has 1 saturated heterocycles. The Morgan fingerprint density at radius 2 is 2.00 bits per heavy atom. The number of carbonyl (C=O) groups excluding carboxylic acids is 1. The summed E-state index contributed by atoms with van der Waals surface area (Å²) in [5.41, 5.74) is 2.28. The van der Waals surface area contributed by atoms with Gasteiger partial charge in [-0.1, -0.05) is 13.8 Å². The minimum absolute atomic E-state index is 0.0403. The van der Waals surface area contributed by atoms with Gasteiger partial charge in [-0.05, 0) is 50.5 Å². The molecule has 1 aliphatic carbocycles. The standard InChI is InChI=1S/C24H35N7O/c1-3-19-14-31(11-8-25-13-17-4-5-17)23(28-19)18-6-9-30(10-7-18)24-21-16(2)12-20(32)29-22(21)26-15-27-24/h14-18,25H,3-13H2,1-2H3,(H,26,27,29,32)/t16-/m1/s1. The van der Waals surface area contributed by atoms with Crippen LogP contribution < -0.4 is 15.5 Å². The van der Waals surface area contributed by atoms with E-state index in [0.717, 1.165) is 69.3 Å². The van der Waals surface area contributed by atoms with Crippen molar-refractivity contribution in [3.05, 3.63) is 29.6 Å². The molecule has 8 nitrogen and oxygen atoms in total. The fraction of sp³-hybridized carbons (Fsp3) is 0.667. The molecule has 2 aromatic rings. The first-order valence-corrected chi connectivity index (χ1v) is 12.3. The van der Waals surface area contributed by atoms with Crippen molar-refractivity contribution in [1.29, 1.82) is 0 Å². The number of aryl methyl sites for hydroxylation is 1. The minimum atomic E-state index is 0.0403. The lowest BCUT2D eigenvalue weighted by atomic mass is 9.92. The quantitative estimate of drug-likeness (QED) is 0.617. The summed E-state index contributed by atoms with van der Waals surface area (Å²) in [4.78, 5) is 28.2. The average Bonchev–Trinajstić information content (AvgIpc) is 3.53. The van der Waals surface area contributed by atoms with E-state index in [-0.39, 0.29) is 11.8 Å². The number of carbonyl (C=O) groups is 1. The van der Waals surface area contributed by atoms with Gasteiger partial charge >= 0.3 is 0 Å². The number of nitrogens with zero attached hydrogens (tertiary/aromatic N) is 5. The molecule has 8 heteroatoms. The van der Waals surface area contributed by atoms with E-state index in [2.05, 4.69) is 50.1 Å². The second-order valence-corrected chi connectivity index (χ2v) is 9.66. The van der Waals surface area contributed by atoms with Crippen LogP contribution >= 0.6 is 0 Å². The van der Waals surface area contributed by atoms with Crippen molar-refractivity contribution in [2.75, 3.05) is 36.4 Å². The van der Waals surface area contributed by atoms with Crippen LogP contribution in [0.2, 0.25) is 0 Å². The molecule has 1 amide bonds. The number of rotatable bonds is 8. The van der Waals surface area contributed by atoms with E-state index >= 15 is 0 Å². The molecule has 2 fully saturated rings. The van der Waals surface area contributed by atoms with Gasteiger partial charge in [-0.15, -0.1) is 0 Å². The summed E-state index contributed by atoms with van der Waals surface area (Å²) in [6.07, 6.45) is 10.2. The van der Waals surface area contributed by atoms with Gasteiger partial charge in [-0.25, -0.2) is 15.0 Å². The third-order valence-electron chi connectivity index (χ3n) is 7.14. The van der Waals surface area contributed by atoms with Gasteiger partial charge in [-0.2, -0.15) is 0 Å². The number of nitrogens with one attached hydrogen (secondary N) is 2. The SMILES string of the molecule is CCc1cn(CCNCC2CC2)c(C2CCN(c3ncnc4c3[C@H](C)CC(=O)N4)CC2)n1. The first-order valence-electron chi connectivity index (χ1n) is 12.3. The molecule has 2 aromatic heterocycles. The number of hydrogen-bond donors (Lipinski definition) is 2. The Kier molecular flexibility index (Phi) is 6.13. The zero-order valence-electron chi connectivity index (χ0n) is 19.3. The average molecular weight is 438 g/mol. The van der Waals surface area contributed by atoms with E-state index in [0.29, 0.717) is 18.2 Å². The molecule has 172 valence electrons. The highest BCUT2D eigenvalue weighted by atomic mass is 16.1. The van der Waals surface area contributed by atoms with Crippen LogP contribution in [0.3, 0.4) is 0 Å². The number of hydrogen-bond acceptors (Lipinski definition) is 6.